The SMILES string of the molecule is Nc1cc(N)nc(SCc2ccc(C=CC(=O)O)s2)n1. The number of nitrogens with zero attached hydrogens (tertiary/aromatic N) is 2. The first-order valence-electron chi connectivity index (χ1n) is 5.55. The monoisotopic (exact) mass is 308 g/mol. The van der Waals surface area contributed by atoms with Gasteiger partial charge in [0.15, 0.2) is 5.16 Å². The van der Waals surface area contributed by atoms with Crippen LogP contribution in [0.4, 0.5) is 11.6 Å². The summed E-state index contributed by atoms with van der Waals surface area (Å²) >= 11 is 2.94. The molecule has 0 aromatic carbocycles. The van der Waals surface area contributed by atoms with Gasteiger partial charge in [0, 0.05) is 27.6 Å². The highest BCUT2D eigenvalue weighted by atomic mass is 32.2. The molecule has 2 heterocycles. The Morgan fingerprint density at radius 2 is 2.05 bits per heavy atom. The maximum Gasteiger partial charge on any atom is 0.328 e. The van der Waals surface area contributed by atoms with Crippen molar-refractivity contribution in [3.63, 3.8) is 0 Å². The molecule has 0 aliphatic rings. The van der Waals surface area contributed by atoms with E-state index in [1.165, 1.54) is 29.2 Å². The van der Waals surface area contributed by atoms with Gasteiger partial charge in [0.05, 0.1) is 0 Å². The van der Waals surface area contributed by atoms with Crippen LogP contribution in [0, 0.1) is 0 Å². The van der Waals surface area contributed by atoms with Crippen molar-refractivity contribution in [3.05, 3.63) is 34.0 Å². The highest BCUT2D eigenvalue weighted by molar-refractivity contribution is 7.98. The van der Waals surface area contributed by atoms with Crippen molar-refractivity contribution in [1.82, 2.24) is 9.97 Å². The zero-order valence-electron chi connectivity index (χ0n) is 10.3. The van der Waals surface area contributed by atoms with E-state index in [1.807, 2.05) is 12.1 Å². The Bertz CT molecular complexity index is 634. The van der Waals surface area contributed by atoms with Crippen molar-refractivity contribution >= 4 is 46.8 Å². The molecular weight excluding hydrogens is 296 g/mol. The lowest BCUT2D eigenvalue weighted by Gasteiger charge is -2.01. The van der Waals surface area contributed by atoms with Crippen molar-refractivity contribution in [1.29, 1.82) is 0 Å². The molecule has 6 nitrogen and oxygen atoms in total. The number of carboxylic acid groups (broad SMARTS) is 1. The second-order valence-electron chi connectivity index (χ2n) is 3.76. The fourth-order valence-corrected chi connectivity index (χ4v) is 3.21. The largest absolute Gasteiger partial charge is 0.478 e. The van der Waals surface area contributed by atoms with Crippen LogP contribution >= 0.6 is 23.1 Å². The van der Waals surface area contributed by atoms with E-state index < -0.39 is 5.97 Å². The molecule has 0 aliphatic heterocycles. The lowest BCUT2D eigenvalue weighted by Crippen LogP contribution is -1.99. The molecule has 0 atom stereocenters. The number of nitrogen functional groups attached to an aromatic ring is 2. The molecule has 2 aromatic heterocycles. The number of thiophene rings is 1. The summed E-state index contributed by atoms with van der Waals surface area (Å²) in [4.78, 5) is 20.6. The van der Waals surface area contributed by atoms with Gasteiger partial charge >= 0.3 is 5.97 Å². The standard InChI is InChI=1S/C12H12N4O2S2/c13-9-5-10(14)16-12(15-9)19-6-8-2-1-7(20-8)3-4-11(17)18/h1-5H,6H2,(H,17,18)(H4,13,14,15,16). The van der Waals surface area contributed by atoms with E-state index in [0.717, 1.165) is 15.8 Å². The van der Waals surface area contributed by atoms with Crippen molar-refractivity contribution in [2.24, 2.45) is 0 Å². The average molecular weight is 308 g/mol. The molecule has 0 aliphatic carbocycles. The second kappa shape index (κ2) is 6.40. The van der Waals surface area contributed by atoms with Gasteiger partial charge in [-0.1, -0.05) is 11.8 Å². The molecule has 0 bridgehead atoms. The van der Waals surface area contributed by atoms with E-state index in [-0.39, 0.29) is 0 Å². The van der Waals surface area contributed by atoms with Gasteiger partial charge in [-0.15, -0.1) is 11.3 Å². The molecule has 104 valence electrons. The Kier molecular flexibility index (Phi) is 4.59. The van der Waals surface area contributed by atoms with E-state index >= 15 is 0 Å². The third-order valence-electron chi connectivity index (χ3n) is 2.16. The quantitative estimate of drug-likeness (QED) is 0.440. The highest BCUT2D eigenvalue weighted by Gasteiger charge is 2.04. The van der Waals surface area contributed by atoms with E-state index in [9.17, 15) is 4.79 Å². The normalized spacial score (nSPS) is 11.0. The number of nitrogens with two attached hydrogens (primary N) is 2. The minimum atomic E-state index is -0.960. The molecule has 0 saturated heterocycles. The summed E-state index contributed by atoms with van der Waals surface area (Å²) in [6.45, 7) is 0. The molecule has 2 aromatic rings. The Labute approximate surface area is 123 Å². The number of hydrogen-bond donors (Lipinski definition) is 3. The smallest absolute Gasteiger partial charge is 0.328 e. The Morgan fingerprint density at radius 1 is 1.35 bits per heavy atom. The average Bonchev–Trinajstić information content (AvgIpc) is 2.81. The third-order valence-corrected chi connectivity index (χ3v) is 4.29. The Hall–Kier alpha value is -2.06. The minimum Gasteiger partial charge on any atom is -0.478 e. The first kappa shape index (κ1) is 14.4. The van der Waals surface area contributed by atoms with Crippen LogP contribution in [0.1, 0.15) is 9.75 Å². The minimum absolute atomic E-state index is 0.344. The van der Waals surface area contributed by atoms with E-state index in [0.29, 0.717) is 22.5 Å². The zero-order chi connectivity index (χ0) is 14.5. The molecule has 0 spiro atoms. The molecule has 0 fully saturated rings. The van der Waals surface area contributed by atoms with E-state index in [2.05, 4.69) is 9.97 Å². The van der Waals surface area contributed by atoms with Crippen LogP contribution in [0.5, 0.6) is 0 Å². The molecule has 0 amide bonds. The number of carbonyl (C=O) groups is 1. The number of aromatic nitrogens is 2. The van der Waals surface area contributed by atoms with Crippen molar-refractivity contribution in [2.75, 3.05) is 11.5 Å². The predicted octanol–water partition coefficient (Wildman–Crippen LogP) is 2.09. The fraction of sp³-hybridized carbons (Fsp3) is 0.0833. The van der Waals surface area contributed by atoms with Crippen LogP contribution in [-0.2, 0) is 10.5 Å². The topological polar surface area (TPSA) is 115 Å². The summed E-state index contributed by atoms with van der Waals surface area (Å²) in [5.74, 6) is 0.402. The van der Waals surface area contributed by atoms with Crippen LogP contribution < -0.4 is 11.5 Å². The third kappa shape index (κ3) is 4.25. The lowest BCUT2D eigenvalue weighted by atomic mass is 10.4. The van der Waals surface area contributed by atoms with E-state index in [4.69, 9.17) is 16.6 Å². The van der Waals surface area contributed by atoms with Gasteiger partial charge in [-0.3, -0.25) is 0 Å². The summed E-state index contributed by atoms with van der Waals surface area (Å²) in [6.07, 6.45) is 2.68. The molecule has 0 unspecified atom stereocenters. The maximum absolute atomic E-state index is 10.4. The highest BCUT2D eigenvalue weighted by Crippen LogP contribution is 2.26. The summed E-state index contributed by atoms with van der Waals surface area (Å²) in [6, 6.07) is 5.31. The van der Waals surface area contributed by atoms with Crippen LogP contribution in [0.15, 0.2) is 29.4 Å². The van der Waals surface area contributed by atoms with E-state index in [1.54, 1.807) is 6.08 Å². The number of rotatable bonds is 5. The molecule has 8 heteroatoms. The summed E-state index contributed by atoms with van der Waals surface area (Å²) in [7, 11) is 0. The first-order chi connectivity index (χ1) is 9.52. The first-order valence-corrected chi connectivity index (χ1v) is 7.35. The molecular formula is C12H12N4O2S2. The number of aliphatic carboxylic acids is 1. The van der Waals surface area contributed by atoms with Gasteiger partial charge in [-0.25, -0.2) is 14.8 Å². The molecule has 0 radical (unpaired) electrons. The van der Waals surface area contributed by atoms with Crippen molar-refractivity contribution in [3.8, 4) is 0 Å². The molecule has 20 heavy (non-hydrogen) atoms. The van der Waals surface area contributed by atoms with Gasteiger partial charge < -0.3 is 16.6 Å². The van der Waals surface area contributed by atoms with Crippen LogP contribution in [0.25, 0.3) is 6.08 Å². The summed E-state index contributed by atoms with van der Waals surface area (Å²) in [5.41, 5.74) is 11.2. The zero-order valence-corrected chi connectivity index (χ0v) is 11.9. The van der Waals surface area contributed by atoms with Crippen LogP contribution in [0.2, 0.25) is 0 Å². The second-order valence-corrected chi connectivity index (χ2v) is 5.91. The fourth-order valence-electron chi connectivity index (χ4n) is 1.38. The van der Waals surface area contributed by atoms with Gasteiger partial charge in [-0.2, -0.15) is 0 Å². The Balaban J connectivity index is 1.99. The number of carboxylic acids is 1. The molecule has 0 saturated carbocycles. The Morgan fingerprint density at radius 3 is 2.70 bits per heavy atom. The summed E-state index contributed by atoms with van der Waals surface area (Å²) in [5, 5.41) is 9.09. The van der Waals surface area contributed by atoms with Crippen molar-refractivity contribution < 1.29 is 9.90 Å². The van der Waals surface area contributed by atoms with Crippen LogP contribution in [-0.4, -0.2) is 21.0 Å². The maximum atomic E-state index is 10.4. The predicted molar refractivity (Wildman–Crippen MR) is 81.4 cm³/mol. The summed E-state index contributed by atoms with van der Waals surface area (Å²) < 4.78 is 0. The number of hydrogen-bond acceptors (Lipinski definition) is 7. The molecule has 5 N–H and O–H groups in total. The number of thioether (sulfide) groups is 1. The van der Waals surface area contributed by atoms with Gasteiger partial charge in [-0.05, 0) is 18.2 Å². The van der Waals surface area contributed by atoms with Gasteiger partial charge in [0.1, 0.15) is 11.6 Å². The molecule has 2 rings (SSSR count). The van der Waals surface area contributed by atoms with Crippen LogP contribution in [0.3, 0.4) is 0 Å². The lowest BCUT2D eigenvalue weighted by molar-refractivity contribution is -0.131. The van der Waals surface area contributed by atoms with Gasteiger partial charge in [0.2, 0.25) is 0 Å². The van der Waals surface area contributed by atoms with Gasteiger partial charge in [0.25, 0.3) is 0 Å². The van der Waals surface area contributed by atoms with Crippen molar-refractivity contribution in [2.45, 2.75) is 10.9 Å². The number of anilines is 2.